The number of nitrogens with one attached hydrogen (secondary N) is 1. The van der Waals surface area contributed by atoms with Gasteiger partial charge in [0.25, 0.3) is 5.91 Å². The van der Waals surface area contributed by atoms with Crippen molar-refractivity contribution < 1.29 is 9.53 Å². The molecule has 31 heavy (non-hydrogen) atoms. The zero-order chi connectivity index (χ0) is 21.8. The fourth-order valence-electron chi connectivity index (χ4n) is 3.11. The van der Waals surface area contributed by atoms with Crippen molar-refractivity contribution in [2.75, 3.05) is 0 Å². The van der Waals surface area contributed by atoms with Gasteiger partial charge in [-0.15, -0.1) is 0 Å². The Hall–Kier alpha value is -3.02. The number of halogens is 1. The summed E-state index contributed by atoms with van der Waals surface area (Å²) in [4.78, 5) is 17.6. The Balaban J connectivity index is 1.43. The normalized spacial score (nSPS) is 16.0. The van der Waals surface area contributed by atoms with Gasteiger partial charge in [-0.05, 0) is 67.1 Å². The molecule has 0 aliphatic carbocycles. The Labute approximate surface area is 191 Å². The average Bonchev–Trinajstić information content (AvgIpc) is 3.09. The number of ether oxygens (including phenoxy) is 1. The number of aryl methyl sites for hydroxylation is 2. The van der Waals surface area contributed by atoms with Crippen LogP contribution in [0.3, 0.4) is 0 Å². The number of benzene rings is 3. The highest BCUT2D eigenvalue weighted by atomic mass is 35.5. The van der Waals surface area contributed by atoms with E-state index >= 15 is 0 Å². The van der Waals surface area contributed by atoms with E-state index in [2.05, 4.69) is 16.4 Å². The standard InChI is InChI=1S/C25H21ClN2O2S/c1-16-7-12-22(17(2)13-16)27-25-28-24(29)23(31-25)14-18-8-10-20(11-9-18)30-15-19-5-3-4-6-21(19)26/h3-14H,15H2,1-2H3,(H,27,28,29)/b23-14-. The Bertz CT molecular complexity index is 1190. The maximum absolute atomic E-state index is 12.4. The molecule has 1 N–H and O–H groups in total. The van der Waals surface area contributed by atoms with Crippen molar-refractivity contribution in [1.82, 2.24) is 5.32 Å². The monoisotopic (exact) mass is 448 g/mol. The summed E-state index contributed by atoms with van der Waals surface area (Å²) >= 11 is 7.50. The number of carbonyl (C=O) groups is 1. The van der Waals surface area contributed by atoms with Crippen molar-refractivity contribution in [2.24, 2.45) is 4.99 Å². The molecule has 4 rings (SSSR count). The quantitative estimate of drug-likeness (QED) is 0.457. The highest BCUT2D eigenvalue weighted by Crippen LogP contribution is 2.30. The molecule has 0 bridgehead atoms. The molecule has 0 saturated carbocycles. The maximum atomic E-state index is 12.4. The van der Waals surface area contributed by atoms with Crippen LogP contribution in [0.15, 0.2) is 76.6 Å². The molecule has 0 atom stereocenters. The van der Waals surface area contributed by atoms with Gasteiger partial charge in [-0.2, -0.15) is 0 Å². The second-order valence-electron chi connectivity index (χ2n) is 7.22. The van der Waals surface area contributed by atoms with E-state index in [9.17, 15) is 4.79 Å². The first-order valence-electron chi connectivity index (χ1n) is 9.81. The van der Waals surface area contributed by atoms with E-state index in [1.807, 2.05) is 80.6 Å². The van der Waals surface area contributed by atoms with Gasteiger partial charge in [0.15, 0.2) is 5.17 Å². The molecule has 0 aromatic heterocycles. The first-order valence-corrected chi connectivity index (χ1v) is 11.0. The second-order valence-corrected chi connectivity index (χ2v) is 8.66. The predicted molar refractivity (Wildman–Crippen MR) is 129 cm³/mol. The predicted octanol–water partition coefficient (Wildman–Crippen LogP) is 6.43. The van der Waals surface area contributed by atoms with Crippen LogP contribution < -0.4 is 10.1 Å². The van der Waals surface area contributed by atoms with E-state index in [1.165, 1.54) is 17.3 Å². The lowest BCUT2D eigenvalue weighted by Gasteiger charge is -2.08. The SMILES string of the molecule is Cc1ccc(N=C2NC(=O)/C(=C/c3ccc(OCc4ccccc4Cl)cc3)S2)c(C)c1. The molecule has 6 heteroatoms. The summed E-state index contributed by atoms with van der Waals surface area (Å²) in [5.41, 5.74) is 4.96. The lowest BCUT2D eigenvalue weighted by molar-refractivity contribution is -0.115. The highest BCUT2D eigenvalue weighted by molar-refractivity contribution is 8.18. The molecular formula is C25H21ClN2O2S. The summed E-state index contributed by atoms with van der Waals surface area (Å²) in [7, 11) is 0. The van der Waals surface area contributed by atoms with Gasteiger partial charge in [0.05, 0.1) is 10.6 Å². The first-order chi connectivity index (χ1) is 15.0. The fraction of sp³-hybridized carbons (Fsp3) is 0.120. The van der Waals surface area contributed by atoms with Crippen molar-refractivity contribution in [3.8, 4) is 5.75 Å². The van der Waals surface area contributed by atoms with E-state index < -0.39 is 0 Å². The van der Waals surface area contributed by atoms with Crippen LogP contribution in [0, 0.1) is 13.8 Å². The third kappa shape index (κ3) is 5.37. The molecule has 1 amide bonds. The van der Waals surface area contributed by atoms with E-state index in [0.717, 1.165) is 28.1 Å². The molecule has 1 aliphatic heterocycles. The van der Waals surface area contributed by atoms with Gasteiger partial charge in [0, 0.05) is 10.6 Å². The van der Waals surface area contributed by atoms with E-state index in [4.69, 9.17) is 16.3 Å². The number of amidine groups is 1. The number of carbonyl (C=O) groups excluding carboxylic acids is 1. The van der Waals surface area contributed by atoms with Crippen molar-refractivity contribution in [2.45, 2.75) is 20.5 Å². The minimum absolute atomic E-state index is 0.146. The number of thioether (sulfide) groups is 1. The Morgan fingerprint density at radius 3 is 2.58 bits per heavy atom. The summed E-state index contributed by atoms with van der Waals surface area (Å²) in [5.74, 6) is 0.593. The lowest BCUT2D eigenvalue weighted by Crippen LogP contribution is -2.19. The van der Waals surface area contributed by atoms with Crippen LogP contribution >= 0.6 is 23.4 Å². The summed E-state index contributed by atoms with van der Waals surface area (Å²) in [6, 6.07) is 21.3. The van der Waals surface area contributed by atoms with E-state index in [0.29, 0.717) is 21.7 Å². The van der Waals surface area contributed by atoms with Crippen LogP contribution in [0.2, 0.25) is 5.02 Å². The van der Waals surface area contributed by atoms with Gasteiger partial charge < -0.3 is 10.1 Å². The van der Waals surface area contributed by atoms with Gasteiger partial charge in [0.1, 0.15) is 12.4 Å². The Kier molecular flexibility index (Phi) is 6.44. The van der Waals surface area contributed by atoms with Crippen molar-refractivity contribution in [3.63, 3.8) is 0 Å². The molecule has 3 aromatic rings. The van der Waals surface area contributed by atoms with Gasteiger partial charge >= 0.3 is 0 Å². The molecule has 1 heterocycles. The minimum atomic E-state index is -0.146. The van der Waals surface area contributed by atoms with E-state index in [1.54, 1.807) is 0 Å². The summed E-state index contributed by atoms with van der Waals surface area (Å²) in [6.07, 6.45) is 1.85. The summed E-state index contributed by atoms with van der Waals surface area (Å²) in [5, 5.41) is 4.11. The third-order valence-electron chi connectivity index (χ3n) is 4.76. The van der Waals surface area contributed by atoms with Crippen LogP contribution in [0.4, 0.5) is 5.69 Å². The van der Waals surface area contributed by atoms with Gasteiger partial charge in [-0.25, -0.2) is 4.99 Å². The Morgan fingerprint density at radius 2 is 1.84 bits per heavy atom. The Morgan fingerprint density at radius 1 is 1.06 bits per heavy atom. The van der Waals surface area contributed by atoms with Crippen LogP contribution in [-0.2, 0) is 11.4 Å². The molecule has 0 unspecified atom stereocenters. The molecule has 156 valence electrons. The second kappa shape index (κ2) is 9.41. The van der Waals surface area contributed by atoms with Crippen LogP contribution in [0.5, 0.6) is 5.75 Å². The highest BCUT2D eigenvalue weighted by Gasteiger charge is 2.24. The molecule has 0 radical (unpaired) electrons. The lowest BCUT2D eigenvalue weighted by atomic mass is 10.1. The molecule has 4 nitrogen and oxygen atoms in total. The number of amides is 1. The summed E-state index contributed by atoms with van der Waals surface area (Å²) in [6.45, 7) is 4.46. The number of nitrogens with zero attached hydrogens (tertiary/aromatic N) is 1. The topological polar surface area (TPSA) is 50.7 Å². The van der Waals surface area contributed by atoms with Crippen molar-refractivity contribution in [1.29, 1.82) is 0 Å². The molecular weight excluding hydrogens is 428 g/mol. The maximum Gasteiger partial charge on any atom is 0.264 e. The van der Waals surface area contributed by atoms with Gasteiger partial charge in [0.2, 0.25) is 0 Å². The van der Waals surface area contributed by atoms with Crippen LogP contribution in [0.25, 0.3) is 6.08 Å². The zero-order valence-electron chi connectivity index (χ0n) is 17.2. The average molecular weight is 449 g/mol. The smallest absolute Gasteiger partial charge is 0.264 e. The fourth-order valence-corrected chi connectivity index (χ4v) is 4.13. The van der Waals surface area contributed by atoms with Gasteiger partial charge in [-0.1, -0.05) is 59.6 Å². The van der Waals surface area contributed by atoms with Crippen LogP contribution in [0.1, 0.15) is 22.3 Å². The largest absolute Gasteiger partial charge is 0.489 e. The molecule has 3 aromatic carbocycles. The van der Waals surface area contributed by atoms with Gasteiger partial charge in [-0.3, -0.25) is 4.79 Å². The number of hydrogen-bond donors (Lipinski definition) is 1. The molecule has 1 aliphatic rings. The number of rotatable bonds is 5. The van der Waals surface area contributed by atoms with Crippen molar-refractivity contribution >= 4 is 46.2 Å². The van der Waals surface area contributed by atoms with Crippen molar-refractivity contribution in [3.05, 3.63) is 98.9 Å². The first kappa shape index (κ1) is 21.2. The third-order valence-corrected chi connectivity index (χ3v) is 6.03. The number of hydrogen-bond acceptors (Lipinski definition) is 4. The minimum Gasteiger partial charge on any atom is -0.489 e. The number of aliphatic imine (C=N–C) groups is 1. The summed E-state index contributed by atoms with van der Waals surface area (Å²) < 4.78 is 5.81. The van der Waals surface area contributed by atoms with E-state index in [-0.39, 0.29) is 5.91 Å². The zero-order valence-corrected chi connectivity index (χ0v) is 18.8. The molecule has 0 spiro atoms. The molecule has 1 saturated heterocycles. The van der Waals surface area contributed by atoms with Crippen LogP contribution in [-0.4, -0.2) is 11.1 Å². The molecule has 1 fully saturated rings.